The van der Waals surface area contributed by atoms with Crippen LogP contribution < -0.4 is 11.1 Å². The fourth-order valence-corrected chi connectivity index (χ4v) is 1.71. The molecule has 0 aliphatic heterocycles. The van der Waals surface area contributed by atoms with Crippen molar-refractivity contribution in [1.82, 2.24) is 5.32 Å². The van der Waals surface area contributed by atoms with Crippen molar-refractivity contribution in [2.45, 2.75) is 57.5 Å². The van der Waals surface area contributed by atoms with Crippen LogP contribution >= 0.6 is 0 Å². The number of hydrogen-bond acceptors (Lipinski definition) is 2. The highest BCUT2D eigenvalue weighted by molar-refractivity contribution is 4.79. The molecule has 0 amide bonds. The lowest BCUT2D eigenvalue weighted by Crippen LogP contribution is -2.46. The van der Waals surface area contributed by atoms with Gasteiger partial charge in [0.05, 0.1) is 0 Å². The van der Waals surface area contributed by atoms with E-state index >= 15 is 0 Å². The summed E-state index contributed by atoms with van der Waals surface area (Å²) >= 11 is 0. The van der Waals surface area contributed by atoms with E-state index in [1.54, 1.807) is 0 Å². The van der Waals surface area contributed by atoms with E-state index in [1.165, 1.54) is 32.1 Å². The maximum atomic E-state index is 5.89. The van der Waals surface area contributed by atoms with Gasteiger partial charge >= 0.3 is 0 Å². The highest BCUT2D eigenvalue weighted by Crippen LogP contribution is 2.17. The molecule has 0 unspecified atom stereocenters. The van der Waals surface area contributed by atoms with Crippen LogP contribution in [-0.2, 0) is 0 Å². The Kier molecular flexibility index (Phi) is 3.53. The molecule has 1 rings (SSSR count). The molecule has 0 aromatic rings. The summed E-state index contributed by atoms with van der Waals surface area (Å²) in [4.78, 5) is 0. The second kappa shape index (κ2) is 4.24. The molecule has 0 heterocycles. The molecule has 0 spiro atoms. The number of rotatable bonds is 3. The third-order valence-electron chi connectivity index (χ3n) is 2.45. The van der Waals surface area contributed by atoms with E-state index in [9.17, 15) is 0 Å². The lowest BCUT2D eigenvalue weighted by atomic mass is 9.95. The van der Waals surface area contributed by atoms with Gasteiger partial charge in [-0.3, -0.25) is 0 Å². The fourth-order valence-electron chi connectivity index (χ4n) is 1.71. The van der Waals surface area contributed by atoms with Gasteiger partial charge in [-0.2, -0.15) is 0 Å². The lowest BCUT2D eigenvalue weighted by molar-refractivity contribution is 0.342. The van der Waals surface area contributed by atoms with Crippen LogP contribution in [0.1, 0.15) is 46.0 Å². The van der Waals surface area contributed by atoms with E-state index in [4.69, 9.17) is 5.73 Å². The summed E-state index contributed by atoms with van der Waals surface area (Å²) in [6.07, 6.45) is 6.89. The van der Waals surface area contributed by atoms with Gasteiger partial charge in [-0.1, -0.05) is 19.3 Å². The van der Waals surface area contributed by atoms with Crippen LogP contribution in [0, 0.1) is 0 Å². The summed E-state index contributed by atoms with van der Waals surface area (Å²) in [5, 5.41) is 3.54. The first-order valence-corrected chi connectivity index (χ1v) is 5.10. The summed E-state index contributed by atoms with van der Waals surface area (Å²) < 4.78 is 0. The Hall–Kier alpha value is -0.0800. The fraction of sp³-hybridized carbons (Fsp3) is 1.00. The van der Waals surface area contributed by atoms with E-state index in [0.29, 0.717) is 0 Å². The number of nitrogens with two attached hydrogens (primary N) is 1. The third-order valence-corrected chi connectivity index (χ3v) is 2.45. The summed E-state index contributed by atoms with van der Waals surface area (Å²) in [6, 6.07) is 0.738. The monoisotopic (exact) mass is 170 g/mol. The van der Waals surface area contributed by atoms with E-state index in [2.05, 4.69) is 19.2 Å². The minimum absolute atomic E-state index is 0.0581. The molecule has 0 aromatic heterocycles. The van der Waals surface area contributed by atoms with E-state index in [1.807, 2.05) is 0 Å². The van der Waals surface area contributed by atoms with Gasteiger partial charge in [0.2, 0.25) is 0 Å². The van der Waals surface area contributed by atoms with Crippen LogP contribution in [0.5, 0.6) is 0 Å². The molecule has 2 nitrogen and oxygen atoms in total. The van der Waals surface area contributed by atoms with Crippen molar-refractivity contribution in [3.63, 3.8) is 0 Å². The first-order chi connectivity index (χ1) is 5.58. The minimum atomic E-state index is -0.0581. The van der Waals surface area contributed by atoms with Crippen molar-refractivity contribution in [2.75, 3.05) is 6.54 Å². The smallest absolute Gasteiger partial charge is 0.0223 e. The van der Waals surface area contributed by atoms with Gasteiger partial charge < -0.3 is 11.1 Å². The zero-order valence-corrected chi connectivity index (χ0v) is 8.40. The normalized spacial score (nSPS) is 21.2. The summed E-state index contributed by atoms with van der Waals surface area (Å²) in [5.74, 6) is 0. The quantitative estimate of drug-likeness (QED) is 0.676. The topological polar surface area (TPSA) is 38.0 Å². The van der Waals surface area contributed by atoms with Gasteiger partial charge in [-0.25, -0.2) is 0 Å². The molecule has 1 aliphatic rings. The Morgan fingerprint density at radius 1 is 1.25 bits per heavy atom. The molecule has 0 aromatic carbocycles. The van der Waals surface area contributed by atoms with Crippen LogP contribution in [0.3, 0.4) is 0 Å². The highest BCUT2D eigenvalue weighted by atomic mass is 15.0. The van der Waals surface area contributed by atoms with Gasteiger partial charge in [0.15, 0.2) is 0 Å². The molecule has 0 atom stereocenters. The third kappa shape index (κ3) is 4.07. The van der Waals surface area contributed by atoms with Gasteiger partial charge in [0.1, 0.15) is 0 Å². The van der Waals surface area contributed by atoms with E-state index in [0.717, 1.165) is 12.6 Å². The molecule has 0 radical (unpaired) electrons. The van der Waals surface area contributed by atoms with Gasteiger partial charge in [-0.05, 0) is 26.7 Å². The molecular weight excluding hydrogens is 148 g/mol. The molecule has 12 heavy (non-hydrogen) atoms. The molecule has 1 fully saturated rings. The molecule has 1 aliphatic carbocycles. The predicted octanol–water partition coefficient (Wildman–Crippen LogP) is 1.65. The molecular formula is C10H22N2. The van der Waals surface area contributed by atoms with Crippen LogP contribution in [0.4, 0.5) is 0 Å². The zero-order chi connectivity index (χ0) is 9.03. The van der Waals surface area contributed by atoms with Crippen LogP contribution in [0.15, 0.2) is 0 Å². The summed E-state index contributed by atoms with van der Waals surface area (Å²) in [5.41, 5.74) is 5.83. The van der Waals surface area contributed by atoms with Crippen LogP contribution in [-0.4, -0.2) is 18.1 Å². The van der Waals surface area contributed by atoms with Crippen LogP contribution in [0.2, 0.25) is 0 Å². The highest BCUT2D eigenvalue weighted by Gasteiger charge is 2.16. The number of nitrogens with one attached hydrogen (secondary N) is 1. The van der Waals surface area contributed by atoms with Gasteiger partial charge in [0.25, 0.3) is 0 Å². The molecule has 72 valence electrons. The standard InChI is InChI=1S/C10H22N2/c1-10(2,11)8-12-9-6-4-3-5-7-9/h9,12H,3-8,11H2,1-2H3. The van der Waals surface area contributed by atoms with Crippen molar-refractivity contribution in [1.29, 1.82) is 0 Å². The predicted molar refractivity (Wildman–Crippen MR) is 53.1 cm³/mol. The maximum absolute atomic E-state index is 5.89. The lowest BCUT2D eigenvalue weighted by Gasteiger charge is -2.27. The maximum Gasteiger partial charge on any atom is 0.0223 e. The second-order valence-corrected chi connectivity index (χ2v) is 4.70. The van der Waals surface area contributed by atoms with Gasteiger partial charge in [-0.15, -0.1) is 0 Å². The summed E-state index contributed by atoms with van der Waals surface area (Å²) in [7, 11) is 0. The van der Waals surface area contributed by atoms with Crippen molar-refractivity contribution >= 4 is 0 Å². The first kappa shape index (κ1) is 10.0. The SMILES string of the molecule is CC(C)(N)CNC1CCCCC1. The Balaban J connectivity index is 2.13. The second-order valence-electron chi connectivity index (χ2n) is 4.70. The minimum Gasteiger partial charge on any atom is -0.324 e. The average molecular weight is 170 g/mol. The average Bonchev–Trinajstić information content (AvgIpc) is 2.02. The molecule has 2 heteroatoms. The molecule has 3 N–H and O–H groups in total. The van der Waals surface area contributed by atoms with Gasteiger partial charge in [0, 0.05) is 18.1 Å². The van der Waals surface area contributed by atoms with Crippen LogP contribution in [0.25, 0.3) is 0 Å². The zero-order valence-electron chi connectivity index (χ0n) is 8.40. The van der Waals surface area contributed by atoms with Crippen molar-refractivity contribution in [3.05, 3.63) is 0 Å². The Bertz CT molecular complexity index is 120. The van der Waals surface area contributed by atoms with Crippen molar-refractivity contribution in [2.24, 2.45) is 5.73 Å². The number of hydrogen-bond donors (Lipinski definition) is 2. The van der Waals surface area contributed by atoms with E-state index < -0.39 is 0 Å². The van der Waals surface area contributed by atoms with Crippen molar-refractivity contribution < 1.29 is 0 Å². The Labute approximate surface area is 75.9 Å². The molecule has 1 saturated carbocycles. The summed E-state index contributed by atoms with van der Waals surface area (Å²) in [6.45, 7) is 5.09. The largest absolute Gasteiger partial charge is 0.324 e. The first-order valence-electron chi connectivity index (χ1n) is 5.10. The van der Waals surface area contributed by atoms with E-state index in [-0.39, 0.29) is 5.54 Å². The molecule has 0 saturated heterocycles. The van der Waals surface area contributed by atoms with Crippen molar-refractivity contribution in [3.8, 4) is 0 Å². The molecule has 0 bridgehead atoms. The Morgan fingerprint density at radius 3 is 2.33 bits per heavy atom. The Morgan fingerprint density at radius 2 is 1.83 bits per heavy atom.